The molecule has 3 aromatic rings. The van der Waals surface area contributed by atoms with Gasteiger partial charge in [0.1, 0.15) is 34.9 Å². The first kappa shape index (κ1) is 46.8. The molecule has 354 valence electrons. The molecule has 3 fully saturated rings. The topological polar surface area (TPSA) is 309 Å². The lowest BCUT2D eigenvalue weighted by molar-refractivity contribution is -0.210. The maximum atomic E-state index is 14.4. The van der Waals surface area contributed by atoms with E-state index in [4.69, 9.17) is 23.4 Å². The molecule has 19 heteroatoms. The highest BCUT2D eigenvalue weighted by Gasteiger charge is 2.96. The summed E-state index contributed by atoms with van der Waals surface area (Å²) >= 11 is 0. The van der Waals surface area contributed by atoms with Gasteiger partial charge in [-0.05, 0) is 51.8 Å². The zero-order chi connectivity index (χ0) is 47.8. The van der Waals surface area contributed by atoms with E-state index in [0.717, 1.165) is 18.9 Å². The Morgan fingerprint density at radius 3 is 2.27 bits per heavy atom. The molecule has 19 nitrogen and oxygen atoms in total. The Morgan fingerprint density at radius 1 is 0.894 bits per heavy atom. The molecule has 8 N–H and O–H groups in total. The lowest BCUT2D eigenvalue weighted by Gasteiger charge is -2.54. The van der Waals surface area contributed by atoms with Crippen LogP contribution in [0.5, 0.6) is 17.2 Å². The van der Waals surface area contributed by atoms with Crippen LogP contribution in [0, 0.1) is 6.92 Å². The second-order valence-electron chi connectivity index (χ2n) is 18.3. The maximum Gasteiger partial charge on any atom is 0.364 e. The largest absolute Gasteiger partial charge is 0.508 e. The van der Waals surface area contributed by atoms with E-state index in [1.165, 1.54) is 38.1 Å². The van der Waals surface area contributed by atoms with Gasteiger partial charge in [0.2, 0.25) is 17.3 Å². The Labute approximate surface area is 376 Å². The number of fused-ring (bicyclic) bond motifs is 3. The van der Waals surface area contributed by atoms with Gasteiger partial charge >= 0.3 is 17.6 Å². The van der Waals surface area contributed by atoms with Crippen LogP contribution < -0.4 is 10.9 Å². The Hall–Kier alpha value is -5.70. The number of phenols is 2. The summed E-state index contributed by atoms with van der Waals surface area (Å²) < 4.78 is 28.6. The molecule has 2 aromatic carbocycles. The van der Waals surface area contributed by atoms with E-state index < -0.39 is 112 Å². The number of ketones is 2. The summed E-state index contributed by atoms with van der Waals surface area (Å²) in [6, 6.07) is 5.31. The summed E-state index contributed by atoms with van der Waals surface area (Å²) in [5.74, 6) is -4.96. The number of benzene rings is 2. The number of Topliss-reactive ketones (excluding diaryl/α,β-unsaturated/α-hetero) is 1. The number of phenolic OH excluding ortho intramolecular Hbond substituents is 2. The fourth-order valence-electron chi connectivity index (χ4n) is 10.8. The van der Waals surface area contributed by atoms with Crippen LogP contribution in [0.4, 0.5) is 5.69 Å². The third-order valence-corrected chi connectivity index (χ3v) is 14.0. The molecule has 2 aliphatic heterocycles. The van der Waals surface area contributed by atoms with E-state index in [9.17, 15) is 64.5 Å². The monoisotopic (exact) mass is 919 g/mol. The number of carbonyl (C=O) groups is 5. The average Bonchev–Trinajstić information content (AvgIpc) is 3.98. The van der Waals surface area contributed by atoms with Crippen molar-refractivity contribution in [2.45, 2.75) is 157 Å². The number of nitrogens with one attached hydrogen (secondary N) is 1. The number of hydrogen-bond donors (Lipinski definition) is 8. The lowest BCUT2D eigenvalue weighted by atomic mass is 9.50. The molecule has 0 radical (unpaired) electrons. The van der Waals surface area contributed by atoms with Crippen LogP contribution in [0.25, 0.3) is 11.0 Å². The number of epoxide rings is 1. The molecular weight excluding hydrogens is 867 g/mol. The van der Waals surface area contributed by atoms with Crippen molar-refractivity contribution < 1.29 is 83.1 Å². The number of rotatable bonds is 13. The molecule has 10 atom stereocenters. The van der Waals surface area contributed by atoms with Crippen LogP contribution in [-0.2, 0) is 38.1 Å². The van der Waals surface area contributed by atoms with Gasteiger partial charge in [-0.1, -0.05) is 43.4 Å². The van der Waals surface area contributed by atoms with Gasteiger partial charge < -0.3 is 64.4 Å². The smallest absolute Gasteiger partial charge is 0.364 e. The minimum Gasteiger partial charge on any atom is -0.508 e. The number of aliphatic hydroxyl groups is 4. The number of aromatic hydroxyl groups is 3. The van der Waals surface area contributed by atoms with Crippen molar-refractivity contribution in [2.75, 3.05) is 5.32 Å². The second kappa shape index (κ2) is 16.9. The van der Waals surface area contributed by atoms with Crippen LogP contribution in [0.3, 0.4) is 0 Å². The van der Waals surface area contributed by atoms with Crippen molar-refractivity contribution in [1.82, 2.24) is 0 Å². The zero-order valence-corrected chi connectivity index (χ0v) is 36.8. The number of esters is 2. The number of anilines is 1. The van der Waals surface area contributed by atoms with E-state index >= 15 is 0 Å². The molecule has 3 aliphatic carbocycles. The minimum absolute atomic E-state index is 0.0129. The number of amides is 1. The first-order chi connectivity index (χ1) is 31.1. The van der Waals surface area contributed by atoms with Gasteiger partial charge in [-0.3, -0.25) is 24.0 Å². The van der Waals surface area contributed by atoms with E-state index in [1.54, 1.807) is 13.8 Å². The van der Waals surface area contributed by atoms with Crippen molar-refractivity contribution in [2.24, 2.45) is 0 Å². The van der Waals surface area contributed by atoms with Crippen LogP contribution in [0.2, 0.25) is 0 Å². The van der Waals surface area contributed by atoms with Crippen molar-refractivity contribution in [3.63, 3.8) is 0 Å². The average molecular weight is 920 g/mol. The van der Waals surface area contributed by atoms with Gasteiger partial charge in [-0.15, -0.1) is 0 Å². The standard InChI is InChI=1S/C47H53NO18/c1-21-17-31(51)46(61)44(60,19-21)20-32(52)45-42(58)35-26(41(57)47(45,46)66-45)14-13-25(37(35)55)29-18-30(40(23(3)62-29)63-24(4)49)64-34(54)12-10-8-6-5-7-9-11-33(53)48-36-38(56)27-15-16-28(50)22(2)39(27)65-43(36)59/h13-17,23,29-30,32,40,42,50,52,55-56,58,60-61H,5-12,18-20H2,1-4H3,(H,48,53). The summed E-state index contributed by atoms with van der Waals surface area (Å²) in [6.45, 7) is 5.85. The Balaban J connectivity index is 0.869. The van der Waals surface area contributed by atoms with Crippen molar-refractivity contribution >= 4 is 46.1 Å². The predicted octanol–water partition coefficient (Wildman–Crippen LogP) is 3.55. The third-order valence-electron chi connectivity index (χ3n) is 14.0. The molecule has 5 aliphatic rings. The number of aryl methyl sites for hydroxylation is 1. The molecule has 1 aromatic heterocycles. The van der Waals surface area contributed by atoms with Gasteiger partial charge in [0, 0.05) is 61.3 Å². The molecule has 0 spiro atoms. The SMILES string of the molecule is CC(=O)OC1C(C)OC(c2ccc3c(c2O)C(O)C24OC2(C3=O)C2(O)C(=O)C=C(C)CC2(O)CC4O)CC1OC(=O)CCCCCCCCC(=O)Nc1c(O)c2ccc(O)c(C)c2oc1=O. The van der Waals surface area contributed by atoms with E-state index in [1.807, 2.05) is 0 Å². The summed E-state index contributed by atoms with van der Waals surface area (Å²) in [7, 11) is 0. The maximum absolute atomic E-state index is 14.4. The summed E-state index contributed by atoms with van der Waals surface area (Å²) in [4.78, 5) is 78.3. The van der Waals surface area contributed by atoms with E-state index in [0.29, 0.717) is 31.3 Å². The van der Waals surface area contributed by atoms with Crippen LogP contribution in [0.1, 0.15) is 131 Å². The normalized spacial score (nSPS) is 32.0. The highest BCUT2D eigenvalue weighted by Crippen LogP contribution is 2.74. The number of aliphatic hydroxyl groups excluding tert-OH is 2. The third kappa shape index (κ3) is 7.09. The molecule has 1 amide bonds. The first-order valence-electron chi connectivity index (χ1n) is 22.1. The van der Waals surface area contributed by atoms with Crippen LogP contribution >= 0.6 is 0 Å². The molecule has 8 rings (SSSR count). The predicted molar refractivity (Wildman–Crippen MR) is 227 cm³/mol. The van der Waals surface area contributed by atoms with Crippen LogP contribution in [0.15, 0.2) is 45.1 Å². The fraction of sp³-hybridized carbons (Fsp3) is 0.532. The summed E-state index contributed by atoms with van der Waals surface area (Å²) in [5, 5.41) is 81.9. The summed E-state index contributed by atoms with van der Waals surface area (Å²) in [6.07, 6.45) is -3.86. The number of unbranched alkanes of at least 4 members (excludes halogenated alkanes) is 5. The Kier molecular flexibility index (Phi) is 12.0. The number of ether oxygens (including phenoxy) is 4. The molecule has 3 heterocycles. The van der Waals surface area contributed by atoms with Crippen molar-refractivity contribution in [3.05, 3.63) is 68.6 Å². The molecule has 10 unspecified atom stereocenters. The lowest BCUT2D eigenvalue weighted by Crippen LogP contribution is -2.78. The molecule has 1 saturated carbocycles. The Morgan fingerprint density at radius 2 is 1.58 bits per heavy atom. The van der Waals surface area contributed by atoms with E-state index in [2.05, 4.69) is 5.32 Å². The van der Waals surface area contributed by atoms with Gasteiger partial charge in [-0.25, -0.2) is 4.79 Å². The number of carbonyl (C=O) groups excluding carboxylic acids is 5. The van der Waals surface area contributed by atoms with E-state index in [-0.39, 0.29) is 70.3 Å². The van der Waals surface area contributed by atoms with Crippen molar-refractivity contribution in [3.8, 4) is 17.2 Å². The first-order valence-corrected chi connectivity index (χ1v) is 22.1. The van der Waals surface area contributed by atoms with Gasteiger partial charge in [0.15, 0.2) is 34.5 Å². The fourth-order valence-corrected chi connectivity index (χ4v) is 10.8. The summed E-state index contributed by atoms with van der Waals surface area (Å²) in [5.41, 5.74) is -11.3. The highest BCUT2D eigenvalue weighted by molar-refractivity contribution is 6.17. The molecule has 66 heavy (non-hydrogen) atoms. The quantitative estimate of drug-likeness (QED) is 0.0526. The molecule has 2 saturated heterocycles. The van der Waals surface area contributed by atoms with Crippen LogP contribution in [-0.4, -0.2) is 112 Å². The molecule has 0 bridgehead atoms. The number of hydrogen-bond acceptors (Lipinski definition) is 18. The van der Waals surface area contributed by atoms with Crippen molar-refractivity contribution in [1.29, 1.82) is 0 Å². The van der Waals surface area contributed by atoms with Gasteiger partial charge in [0.05, 0.1) is 23.7 Å². The molecular formula is C47H53NO18. The highest BCUT2D eigenvalue weighted by atomic mass is 16.7. The van der Waals surface area contributed by atoms with Gasteiger partial charge in [0.25, 0.3) is 0 Å². The minimum atomic E-state index is -2.86. The zero-order valence-electron chi connectivity index (χ0n) is 36.8. The second-order valence-corrected chi connectivity index (χ2v) is 18.3. The van der Waals surface area contributed by atoms with Gasteiger partial charge in [-0.2, -0.15) is 0 Å². The Bertz CT molecular complexity index is 2640.